The molecule has 1 aliphatic rings. The third kappa shape index (κ3) is 3.17. The fraction of sp³-hybridized carbons (Fsp3) is 0.300. The number of hydrogen-bond donors (Lipinski definition) is 2. The number of aromatic amines is 1. The molecule has 26 heavy (non-hydrogen) atoms. The molecule has 1 unspecified atom stereocenters. The highest BCUT2D eigenvalue weighted by atomic mass is 32.2. The molecule has 2 aromatic carbocycles. The number of nitrogens with zero attached hydrogens (tertiary/aromatic N) is 2. The van der Waals surface area contributed by atoms with E-state index in [4.69, 9.17) is 5.73 Å². The molecule has 0 saturated heterocycles. The van der Waals surface area contributed by atoms with Crippen molar-refractivity contribution >= 4 is 40.1 Å². The number of carbonyl (C=O) groups excluding carboxylic acids is 1. The zero-order valence-corrected chi connectivity index (χ0v) is 15.6. The Kier molecular flexibility index (Phi) is 4.59. The van der Waals surface area contributed by atoms with Gasteiger partial charge < -0.3 is 15.6 Å². The zero-order chi connectivity index (χ0) is 18.1. The van der Waals surface area contributed by atoms with Crippen molar-refractivity contribution in [3.8, 4) is 0 Å². The fourth-order valence-electron chi connectivity index (χ4n) is 3.43. The second-order valence-electron chi connectivity index (χ2n) is 6.59. The van der Waals surface area contributed by atoms with Crippen molar-refractivity contribution < 1.29 is 4.79 Å². The summed E-state index contributed by atoms with van der Waals surface area (Å²) in [5.74, 6) is 1.46. The molecule has 0 saturated carbocycles. The molecular formula is C20H22N4OS. The highest BCUT2D eigenvalue weighted by Crippen LogP contribution is 2.33. The fourth-order valence-corrected chi connectivity index (χ4v) is 4.25. The van der Waals surface area contributed by atoms with Gasteiger partial charge in [0.2, 0.25) is 5.91 Å². The number of nitrogens with one attached hydrogen (secondary N) is 1. The Morgan fingerprint density at radius 3 is 3.00 bits per heavy atom. The lowest BCUT2D eigenvalue weighted by molar-refractivity contribution is -0.116. The maximum atomic E-state index is 12.8. The Balaban J connectivity index is 1.45. The maximum Gasteiger partial charge on any atom is 0.237 e. The lowest BCUT2D eigenvalue weighted by atomic mass is 10.00. The lowest BCUT2D eigenvalue weighted by Crippen LogP contribution is -2.37. The van der Waals surface area contributed by atoms with Gasteiger partial charge in [-0.1, -0.05) is 18.2 Å². The minimum Gasteiger partial charge on any atom is -0.398 e. The van der Waals surface area contributed by atoms with E-state index in [2.05, 4.69) is 16.9 Å². The smallest absolute Gasteiger partial charge is 0.237 e. The molecule has 0 spiro atoms. The van der Waals surface area contributed by atoms with Gasteiger partial charge in [-0.2, -0.15) is 0 Å². The van der Waals surface area contributed by atoms with E-state index < -0.39 is 0 Å². The molecule has 0 radical (unpaired) electrons. The maximum absolute atomic E-state index is 12.8. The van der Waals surface area contributed by atoms with Gasteiger partial charge in [-0.3, -0.25) is 4.79 Å². The first-order valence-corrected chi connectivity index (χ1v) is 9.92. The number of rotatable bonds is 4. The number of anilines is 2. The van der Waals surface area contributed by atoms with Gasteiger partial charge in [0, 0.05) is 17.9 Å². The van der Waals surface area contributed by atoms with E-state index in [1.54, 1.807) is 11.8 Å². The molecular weight excluding hydrogens is 344 g/mol. The minimum atomic E-state index is 0.122. The number of imidazole rings is 1. The van der Waals surface area contributed by atoms with Gasteiger partial charge >= 0.3 is 0 Å². The van der Waals surface area contributed by atoms with E-state index in [-0.39, 0.29) is 11.2 Å². The quantitative estimate of drug-likeness (QED) is 0.686. The van der Waals surface area contributed by atoms with E-state index in [1.165, 1.54) is 0 Å². The molecule has 1 aromatic heterocycles. The Morgan fingerprint density at radius 1 is 1.31 bits per heavy atom. The van der Waals surface area contributed by atoms with Crippen LogP contribution < -0.4 is 10.6 Å². The van der Waals surface area contributed by atoms with Crippen LogP contribution in [0, 0.1) is 0 Å². The van der Waals surface area contributed by atoms with Crippen LogP contribution in [0.4, 0.5) is 11.4 Å². The van der Waals surface area contributed by atoms with Gasteiger partial charge in [-0.15, -0.1) is 11.8 Å². The number of amides is 1. The third-order valence-electron chi connectivity index (χ3n) is 4.84. The van der Waals surface area contributed by atoms with Crippen molar-refractivity contribution in [2.24, 2.45) is 0 Å². The predicted octanol–water partition coefficient (Wildman–Crippen LogP) is 3.92. The van der Waals surface area contributed by atoms with Crippen LogP contribution in [0.2, 0.25) is 0 Å². The molecule has 2 heterocycles. The van der Waals surface area contributed by atoms with Crippen molar-refractivity contribution in [3.63, 3.8) is 0 Å². The Morgan fingerprint density at radius 2 is 2.15 bits per heavy atom. The van der Waals surface area contributed by atoms with Crippen molar-refractivity contribution in [1.29, 1.82) is 0 Å². The summed E-state index contributed by atoms with van der Waals surface area (Å²) >= 11 is 1.61. The number of hydrogen-bond acceptors (Lipinski definition) is 4. The molecule has 1 aliphatic heterocycles. The van der Waals surface area contributed by atoms with Gasteiger partial charge in [0.25, 0.3) is 0 Å². The molecule has 0 bridgehead atoms. The molecule has 134 valence electrons. The average molecular weight is 366 g/mol. The highest BCUT2D eigenvalue weighted by Gasteiger charge is 2.24. The Hall–Kier alpha value is -2.47. The van der Waals surface area contributed by atoms with Crippen LogP contribution in [-0.2, 0) is 11.2 Å². The summed E-state index contributed by atoms with van der Waals surface area (Å²) in [7, 11) is 0. The number of H-pyrrole nitrogens is 1. The summed E-state index contributed by atoms with van der Waals surface area (Å²) in [6.45, 7) is 2.84. The summed E-state index contributed by atoms with van der Waals surface area (Å²) in [6.07, 6.45) is 1.89. The second kappa shape index (κ2) is 7.03. The topological polar surface area (TPSA) is 75.0 Å². The molecule has 3 N–H and O–H groups in total. The van der Waals surface area contributed by atoms with E-state index >= 15 is 0 Å². The van der Waals surface area contributed by atoms with E-state index in [0.29, 0.717) is 5.75 Å². The van der Waals surface area contributed by atoms with Gasteiger partial charge in [-0.05, 0) is 49.6 Å². The zero-order valence-electron chi connectivity index (χ0n) is 14.7. The van der Waals surface area contributed by atoms with Gasteiger partial charge in [0.15, 0.2) is 0 Å². The average Bonchev–Trinajstić information content (AvgIpc) is 3.10. The monoisotopic (exact) mass is 366 g/mol. The van der Waals surface area contributed by atoms with Gasteiger partial charge in [0.05, 0.1) is 22.0 Å². The summed E-state index contributed by atoms with van der Waals surface area (Å²) in [4.78, 5) is 22.7. The first kappa shape index (κ1) is 17.0. The van der Waals surface area contributed by atoms with Gasteiger partial charge in [0.1, 0.15) is 5.82 Å². The third-order valence-corrected chi connectivity index (χ3v) is 5.97. The molecule has 1 amide bonds. The number of fused-ring (bicyclic) bond motifs is 2. The molecule has 1 atom stereocenters. The van der Waals surface area contributed by atoms with Crippen LogP contribution >= 0.6 is 11.8 Å². The van der Waals surface area contributed by atoms with Crippen LogP contribution in [-0.4, -0.2) is 28.2 Å². The minimum absolute atomic E-state index is 0.122. The molecule has 0 aliphatic carbocycles. The normalized spacial score (nSPS) is 15.0. The van der Waals surface area contributed by atoms with Crippen molar-refractivity contribution in [1.82, 2.24) is 9.97 Å². The predicted molar refractivity (Wildman–Crippen MR) is 108 cm³/mol. The van der Waals surface area contributed by atoms with Crippen LogP contribution in [0.25, 0.3) is 11.0 Å². The Labute approximate surface area is 157 Å². The van der Waals surface area contributed by atoms with E-state index in [1.807, 2.05) is 47.4 Å². The number of aromatic nitrogens is 2. The van der Waals surface area contributed by atoms with Crippen molar-refractivity contribution in [2.45, 2.75) is 25.0 Å². The number of nitrogen functional groups attached to an aromatic ring is 1. The highest BCUT2D eigenvalue weighted by molar-refractivity contribution is 8.00. The number of para-hydroxylation sites is 2. The number of carbonyl (C=O) groups is 1. The second-order valence-corrected chi connectivity index (χ2v) is 7.92. The van der Waals surface area contributed by atoms with E-state index in [9.17, 15) is 4.79 Å². The molecule has 6 heteroatoms. The van der Waals surface area contributed by atoms with Crippen LogP contribution in [0.3, 0.4) is 0 Å². The lowest BCUT2D eigenvalue weighted by Gasteiger charge is -2.30. The first-order chi connectivity index (χ1) is 12.6. The molecule has 5 nitrogen and oxygen atoms in total. The SMILES string of the molecule is CC(SCC(=O)N1CCCc2c(N)cccc21)c1nc2ccccc2[nH]1. The Bertz CT molecular complexity index is 919. The van der Waals surface area contributed by atoms with Crippen molar-refractivity contribution in [3.05, 3.63) is 53.9 Å². The van der Waals surface area contributed by atoms with E-state index in [0.717, 1.165) is 53.2 Å². The summed E-state index contributed by atoms with van der Waals surface area (Å²) in [5, 5.41) is 0.122. The summed E-state index contributed by atoms with van der Waals surface area (Å²) in [5.41, 5.74) is 10.9. The summed E-state index contributed by atoms with van der Waals surface area (Å²) < 4.78 is 0. The van der Waals surface area contributed by atoms with Crippen LogP contribution in [0.15, 0.2) is 42.5 Å². The van der Waals surface area contributed by atoms with Crippen molar-refractivity contribution in [2.75, 3.05) is 22.9 Å². The molecule has 0 fully saturated rings. The standard InChI is InChI=1S/C20H22N4OS/c1-13(20-22-16-8-2-3-9-17(16)23-20)26-12-19(25)24-11-5-6-14-15(21)7-4-10-18(14)24/h2-4,7-10,13H,5-6,11-12,21H2,1H3,(H,22,23). The number of thioether (sulfide) groups is 1. The number of benzene rings is 2. The number of nitrogens with two attached hydrogens (primary N) is 1. The summed E-state index contributed by atoms with van der Waals surface area (Å²) in [6, 6.07) is 13.8. The largest absolute Gasteiger partial charge is 0.398 e. The van der Waals surface area contributed by atoms with Crippen LogP contribution in [0.5, 0.6) is 0 Å². The molecule has 3 aromatic rings. The molecule has 4 rings (SSSR count). The van der Waals surface area contributed by atoms with Gasteiger partial charge in [-0.25, -0.2) is 4.98 Å². The first-order valence-electron chi connectivity index (χ1n) is 8.87. The van der Waals surface area contributed by atoms with Crippen LogP contribution in [0.1, 0.15) is 30.0 Å².